The van der Waals surface area contributed by atoms with Gasteiger partial charge >= 0.3 is 0 Å². The van der Waals surface area contributed by atoms with Gasteiger partial charge in [0.25, 0.3) is 0 Å². The van der Waals surface area contributed by atoms with E-state index in [9.17, 15) is 9.59 Å². The van der Waals surface area contributed by atoms with Gasteiger partial charge in [0, 0.05) is 24.1 Å². The van der Waals surface area contributed by atoms with Crippen LogP contribution in [0, 0.1) is 18.8 Å². The average molecular weight is 330 g/mol. The molecule has 0 unspecified atom stereocenters. The monoisotopic (exact) mass is 330 g/mol. The molecule has 1 aliphatic carbocycles. The Morgan fingerprint density at radius 3 is 2.25 bits per heavy atom. The van der Waals surface area contributed by atoms with E-state index >= 15 is 0 Å². The van der Waals surface area contributed by atoms with E-state index in [0.717, 1.165) is 62.7 Å². The maximum absolute atomic E-state index is 12.4. The zero-order valence-corrected chi connectivity index (χ0v) is 14.9. The number of hydrogen-bond donors (Lipinski definition) is 2. The van der Waals surface area contributed by atoms with Gasteiger partial charge in [-0.2, -0.15) is 0 Å². The number of aryl methyl sites for hydroxylation is 1. The summed E-state index contributed by atoms with van der Waals surface area (Å²) in [5, 5.41) is 6.07. The minimum absolute atomic E-state index is 0.0220. The lowest BCUT2D eigenvalue weighted by molar-refractivity contribution is -0.128. The van der Waals surface area contributed by atoms with Gasteiger partial charge in [0.05, 0.1) is 0 Å². The highest BCUT2D eigenvalue weighted by Gasteiger charge is 2.29. The summed E-state index contributed by atoms with van der Waals surface area (Å²) in [6, 6.07) is 7.83. The molecule has 2 N–H and O–H groups in total. The topological polar surface area (TPSA) is 58.2 Å². The fourth-order valence-corrected chi connectivity index (χ4v) is 3.30. The van der Waals surface area contributed by atoms with Crippen molar-refractivity contribution >= 4 is 17.5 Å². The smallest absolute Gasteiger partial charge is 0.227 e. The number of anilines is 1. The highest BCUT2D eigenvalue weighted by molar-refractivity contribution is 5.93. The Kier molecular flexibility index (Phi) is 7.29. The summed E-state index contributed by atoms with van der Waals surface area (Å²) < 4.78 is 0. The molecule has 0 spiro atoms. The molecular formula is C20H30N2O2. The lowest BCUT2D eigenvalue weighted by Gasteiger charge is -2.27. The molecular weight excluding hydrogens is 300 g/mol. The zero-order valence-electron chi connectivity index (χ0n) is 14.9. The number of nitrogens with one attached hydrogen (secondary N) is 2. The van der Waals surface area contributed by atoms with E-state index in [0.29, 0.717) is 0 Å². The molecule has 4 heteroatoms. The van der Waals surface area contributed by atoms with Crippen molar-refractivity contribution < 1.29 is 9.59 Å². The zero-order chi connectivity index (χ0) is 17.4. The van der Waals surface area contributed by atoms with Gasteiger partial charge in [0.1, 0.15) is 0 Å². The molecule has 0 aliphatic heterocycles. The van der Waals surface area contributed by atoms with Gasteiger partial charge in [-0.1, -0.05) is 38.0 Å². The van der Waals surface area contributed by atoms with Crippen LogP contribution in [0.15, 0.2) is 24.3 Å². The molecule has 1 fully saturated rings. The molecule has 1 aliphatic rings. The number of carbonyl (C=O) groups is 2. The third-order valence-corrected chi connectivity index (χ3v) is 4.95. The normalized spacial score (nSPS) is 20.4. The summed E-state index contributed by atoms with van der Waals surface area (Å²) in [7, 11) is 0. The van der Waals surface area contributed by atoms with Crippen LogP contribution in [-0.2, 0) is 9.59 Å². The van der Waals surface area contributed by atoms with E-state index in [1.165, 1.54) is 0 Å². The lowest BCUT2D eigenvalue weighted by atomic mass is 9.81. The molecule has 0 saturated heterocycles. The van der Waals surface area contributed by atoms with Crippen molar-refractivity contribution in [1.29, 1.82) is 0 Å². The van der Waals surface area contributed by atoms with Crippen LogP contribution < -0.4 is 10.6 Å². The second-order valence-electron chi connectivity index (χ2n) is 6.85. The molecule has 24 heavy (non-hydrogen) atoms. The number of para-hydroxylation sites is 1. The van der Waals surface area contributed by atoms with Crippen molar-refractivity contribution in [3.63, 3.8) is 0 Å². The first-order valence-electron chi connectivity index (χ1n) is 9.26. The second kappa shape index (κ2) is 9.45. The summed E-state index contributed by atoms with van der Waals surface area (Å²) in [6.45, 7) is 4.93. The number of unbranched alkanes of at least 4 members (excludes halogenated alkanes) is 2. The summed E-state index contributed by atoms with van der Waals surface area (Å²) in [5.41, 5.74) is 1.96. The molecule has 1 aromatic rings. The van der Waals surface area contributed by atoms with E-state index < -0.39 is 0 Å². The first-order valence-corrected chi connectivity index (χ1v) is 9.26. The fraction of sp³-hybridized carbons (Fsp3) is 0.600. The van der Waals surface area contributed by atoms with Crippen molar-refractivity contribution in [3.8, 4) is 0 Å². The third kappa shape index (κ3) is 5.36. The lowest BCUT2D eigenvalue weighted by Crippen LogP contribution is -2.36. The van der Waals surface area contributed by atoms with Crippen LogP contribution in [0.2, 0.25) is 0 Å². The van der Waals surface area contributed by atoms with Crippen molar-refractivity contribution in [2.45, 2.75) is 58.8 Å². The Bertz CT molecular complexity index is 548. The third-order valence-electron chi connectivity index (χ3n) is 4.95. The number of hydrogen-bond acceptors (Lipinski definition) is 2. The van der Waals surface area contributed by atoms with Crippen LogP contribution >= 0.6 is 0 Å². The van der Waals surface area contributed by atoms with Gasteiger partial charge in [0.2, 0.25) is 11.8 Å². The van der Waals surface area contributed by atoms with Crippen molar-refractivity contribution in [2.24, 2.45) is 11.8 Å². The maximum Gasteiger partial charge on any atom is 0.227 e. The summed E-state index contributed by atoms with van der Waals surface area (Å²) in [6.07, 6.45) is 6.59. The Balaban J connectivity index is 1.75. The largest absolute Gasteiger partial charge is 0.356 e. The molecule has 1 saturated carbocycles. The van der Waals surface area contributed by atoms with Crippen molar-refractivity contribution in [2.75, 3.05) is 11.9 Å². The van der Waals surface area contributed by atoms with Crippen LogP contribution in [0.3, 0.4) is 0 Å². The van der Waals surface area contributed by atoms with E-state index in [4.69, 9.17) is 0 Å². The molecule has 0 atom stereocenters. The maximum atomic E-state index is 12.4. The highest BCUT2D eigenvalue weighted by atomic mass is 16.2. The van der Waals surface area contributed by atoms with E-state index in [-0.39, 0.29) is 23.7 Å². The van der Waals surface area contributed by atoms with E-state index in [1.807, 2.05) is 31.2 Å². The molecule has 2 amide bonds. The molecule has 2 rings (SSSR count). The minimum Gasteiger partial charge on any atom is -0.356 e. The Labute approximate surface area is 145 Å². The molecule has 0 heterocycles. The van der Waals surface area contributed by atoms with Gasteiger partial charge < -0.3 is 10.6 Å². The van der Waals surface area contributed by atoms with Crippen LogP contribution in [0.4, 0.5) is 5.69 Å². The second-order valence-corrected chi connectivity index (χ2v) is 6.85. The molecule has 1 aromatic carbocycles. The van der Waals surface area contributed by atoms with E-state index in [1.54, 1.807) is 0 Å². The van der Waals surface area contributed by atoms with Crippen LogP contribution in [0.25, 0.3) is 0 Å². The quantitative estimate of drug-likeness (QED) is 0.741. The van der Waals surface area contributed by atoms with Crippen molar-refractivity contribution in [3.05, 3.63) is 29.8 Å². The summed E-state index contributed by atoms with van der Waals surface area (Å²) in [5.74, 6) is 0.359. The number of amides is 2. The molecule has 4 nitrogen and oxygen atoms in total. The standard InChI is InChI=1S/C20H30N2O2/c1-3-4-7-14-21-19(23)16-10-12-17(13-11-16)20(24)22-18-9-6-5-8-15(18)2/h5-6,8-9,16-17H,3-4,7,10-14H2,1-2H3,(H,21,23)(H,22,24). The predicted molar refractivity (Wildman–Crippen MR) is 97.8 cm³/mol. The van der Waals surface area contributed by atoms with Gasteiger partial charge in [-0.05, 0) is 50.7 Å². The van der Waals surface area contributed by atoms with Gasteiger partial charge in [-0.3, -0.25) is 9.59 Å². The van der Waals surface area contributed by atoms with Gasteiger partial charge in [-0.15, -0.1) is 0 Å². The first-order chi connectivity index (χ1) is 11.6. The van der Waals surface area contributed by atoms with Gasteiger partial charge in [-0.25, -0.2) is 0 Å². The highest BCUT2D eigenvalue weighted by Crippen LogP contribution is 2.30. The molecule has 0 radical (unpaired) electrons. The Hall–Kier alpha value is -1.84. The molecule has 132 valence electrons. The Morgan fingerprint density at radius 1 is 1.00 bits per heavy atom. The summed E-state index contributed by atoms with van der Waals surface area (Å²) >= 11 is 0. The fourth-order valence-electron chi connectivity index (χ4n) is 3.30. The summed E-state index contributed by atoms with van der Waals surface area (Å²) in [4.78, 5) is 24.6. The SMILES string of the molecule is CCCCCNC(=O)C1CCC(C(=O)Nc2ccccc2C)CC1. The predicted octanol–water partition coefficient (Wildman–Crippen LogP) is 4.05. The van der Waals surface area contributed by atoms with E-state index in [2.05, 4.69) is 17.6 Å². The number of rotatable bonds is 7. The number of carbonyl (C=O) groups excluding carboxylic acids is 2. The van der Waals surface area contributed by atoms with Crippen LogP contribution in [-0.4, -0.2) is 18.4 Å². The van der Waals surface area contributed by atoms with Crippen LogP contribution in [0.1, 0.15) is 57.4 Å². The van der Waals surface area contributed by atoms with Crippen molar-refractivity contribution in [1.82, 2.24) is 5.32 Å². The van der Waals surface area contributed by atoms with Crippen LogP contribution in [0.5, 0.6) is 0 Å². The Morgan fingerprint density at radius 2 is 1.62 bits per heavy atom. The first kappa shape index (κ1) is 18.5. The minimum atomic E-state index is 0.0220. The van der Waals surface area contributed by atoms with Gasteiger partial charge in [0.15, 0.2) is 0 Å². The molecule has 0 aromatic heterocycles. The molecule has 0 bridgehead atoms. The number of benzene rings is 1. The average Bonchev–Trinajstić information content (AvgIpc) is 2.60.